The smallest absolute Gasteiger partial charge is 0.201 e. The Hall–Kier alpha value is -1.30. The summed E-state index contributed by atoms with van der Waals surface area (Å²) in [7, 11) is 0. The Morgan fingerprint density at radius 3 is 3.12 bits per heavy atom. The van der Waals surface area contributed by atoms with E-state index < -0.39 is 0 Å². The molecule has 1 unspecified atom stereocenters. The van der Waals surface area contributed by atoms with Crippen molar-refractivity contribution >= 4 is 35.3 Å². The standard InChI is InChI=1S/C10H15N5S/c1-2-3-4-5-11-10-14-8-7(9(16)15-10)12-6-13-8/h6-7H,2-5H2,1H3,(H2,11,12,13,14,15,16). The summed E-state index contributed by atoms with van der Waals surface area (Å²) in [5.41, 5.74) is 0. The first-order chi connectivity index (χ1) is 7.81. The molecule has 86 valence electrons. The molecule has 0 aromatic heterocycles. The summed E-state index contributed by atoms with van der Waals surface area (Å²) in [4.78, 5) is 13.3. The molecule has 0 aromatic carbocycles. The molecule has 2 aliphatic heterocycles. The molecule has 0 amide bonds. The Labute approximate surface area is 100 Å². The lowest BCUT2D eigenvalue weighted by Gasteiger charge is -2.23. The molecule has 0 aromatic rings. The molecule has 6 heteroatoms. The first-order valence-corrected chi connectivity index (χ1v) is 5.93. The van der Waals surface area contributed by atoms with Crippen LogP contribution in [0.5, 0.6) is 0 Å². The van der Waals surface area contributed by atoms with Gasteiger partial charge in [-0.05, 0) is 6.42 Å². The van der Waals surface area contributed by atoms with Crippen molar-refractivity contribution in [3.8, 4) is 0 Å². The highest BCUT2D eigenvalue weighted by Gasteiger charge is 2.29. The molecule has 1 atom stereocenters. The van der Waals surface area contributed by atoms with Gasteiger partial charge in [0.15, 0.2) is 6.04 Å². The van der Waals surface area contributed by atoms with Gasteiger partial charge in [0.2, 0.25) is 5.96 Å². The normalized spacial score (nSPS) is 25.1. The highest BCUT2D eigenvalue weighted by Crippen LogP contribution is 2.05. The number of unbranched alkanes of at least 4 members (excludes halogenated alkanes) is 2. The fourth-order valence-corrected chi connectivity index (χ4v) is 1.83. The molecule has 0 spiro atoms. The molecular formula is C10H15N5S. The number of aliphatic imine (C=N–C) groups is 3. The van der Waals surface area contributed by atoms with Crippen LogP contribution in [0.4, 0.5) is 0 Å². The number of rotatable bonds is 4. The van der Waals surface area contributed by atoms with Crippen molar-refractivity contribution in [1.82, 2.24) is 10.6 Å². The summed E-state index contributed by atoms with van der Waals surface area (Å²) in [6.07, 6.45) is 5.03. The van der Waals surface area contributed by atoms with Gasteiger partial charge < -0.3 is 10.6 Å². The van der Waals surface area contributed by atoms with Gasteiger partial charge in [0.1, 0.15) is 17.2 Å². The van der Waals surface area contributed by atoms with E-state index in [2.05, 4.69) is 32.5 Å². The first-order valence-electron chi connectivity index (χ1n) is 5.53. The van der Waals surface area contributed by atoms with E-state index >= 15 is 0 Å². The number of hydrogen-bond donors (Lipinski definition) is 2. The topological polar surface area (TPSA) is 61.1 Å². The lowest BCUT2D eigenvalue weighted by atomic mass is 10.2. The summed E-state index contributed by atoms with van der Waals surface area (Å²) in [5, 5.41) is 6.14. The molecule has 1 saturated heterocycles. The molecule has 16 heavy (non-hydrogen) atoms. The van der Waals surface area contributed by atoms with E-state index in [0.29, 0.717) is 10.9 Å². The molecule has 0 saturated carbocycles. The SMILES string of the molecule is CCCCCN=C1NC(=S)C2N=CN=C2N1. The second-order valence-corrected chi connectivity index (χ2v) is 4.17. The molecule has 2 N–H and O–H groups in total. The third-order valence-corrected chi connectivity index (χ3v) is 2.76. The van der Waals surface area contributed by atoms with Gasteiger partial charge in [0.05, 0.1) is 0 Å². The fraction of sp³-hybridized carbons (Fsp3) is 0.600. The van der Waals surface area contributed by atoms with Crippen LogP contribution in [0.2, 0.25) is 0 Å². The van der Waals surface area contributed by atoms with E-state index in [1.54, 1.807) is 0 Å². The van der Waals surface area contributed by atoms with E-state index in [0.717, 1.165) is 18.8 Å². The second kappa shape index (κ2) is 5.16. The summed E-state index contributed by atoms with van der Waals surface area (Å²) in [5.74, 6) is 1.47. The third kappa shape index (κ3) is 2.44. The minimum Gasteiger partial charge on any atom is -0.318 e. The number of hydrogen-bond acceptors (Lipinski definition) is 4. The van der Waals surface area contributed by atoms with Gasteiger partial charge in [-0.25, -0.2) is 4.99 Å². The highest BCUT2D eigenvalue weighted by atomic mass is 32.1. The first kappa shape index (κ1) is 11.2. The predicted molar refractivity (Wildman–Crippen MR) is 70.4 cm³/mol. The lowest BCUT2D eigenvalue weighted by molar-refractivity contribution is 0.725. The van der Waals surface area contributed by atoms with Gasteiger partial charge in [-0.2, -0.15) is 0 Å². The summed E-state index contributed by atoms with van der Waals surface area (Å²) in [6, 6.07) is -0.135. The highest BCUT2D eigenvalue weighted by molar-refractivity contribution is 7.80. The van der Waals surface area contributed by atoms with Crippen LogP contribution in [0.3, 0.4) is 0 Å². The van der Waals surface area contributed by atoms with Crippen molar-refractivity contribution in [3.63, 3.8) is 0 Å². The van der Waals surface area contributed by atoms with Crippen molar-refractivity contribution in [1.29, 1.82) is 0 Å². The van der Waals surface area contributed by atoms with Crippen LogP contribution in [-0.2, 0) is 0 Å². The van der Waals surface area contributed by atoms with E-state index in [1.165, 1.54) is 19.2 Å². The minimum absolute atomic E-state index is 0.135. The molecule has 1 fully saturated rings. The van der Waals surface area contributed by atoms with Gasteiger partial charge in [0.25, 0.3) is 0 Å². The third-order valence-electron chi connectivity index (χ3n) is 2.44. The number of guanidine groups is 1. The van der Waals surface area contributed by atoms with Gasteiger partial charge >= 0.3 is 0 Å². The molecular weight excluding hydrogens is 222 g/mol. The Bertz CT molecular complexity index is 371. The zero-order valence-corrected chi connectivity index (χ0v) is 10.0. The molecule has 2 heterocycles. The van der Waals surface area contributed by atoms with Crippen LogP contribution in [0.25, 0.3) is 0 Å². The number of fused-ring (bicyclic) bond motifs is 1. The monoisotopic (exact) mass is 237 g/mol. The summed E-state index contributed by atoms with van der Waals surface area (Å²) < 4.78 is 0. The molecule has 2 aliphatic rings. The van der Waals surface area contributed by atoms with Crippen LogP contribution in [-0.4, -0.2) is 35.7 Å². The predicted octanol–water partition coefficient (Wildman–Crippen LogP) is 0.862. The second-order valence-electron chi connectivity index (χ2n) is 3.73. The average molecular weight is 237 g/mol. The molecule has 2 rings (SSSR count). The number of nitrogens with one attached hydrogen (secondary N) is 2. The Morgan fingerprint density at radius 1 is 1.44 bits per heavy atom. The molecule has 0 bridgehead atoms. The van der Waals surface area contributed by atoms with E-state index in [9.17, 15) is 0 Å². The van der Waals surface area contributed by atoms with E-state index in [-0.39, 0.29) is 6.04 Å². The maximum absolute atomic E-state index is 5.20. The number of nitrogens with zero attached hydrogens (tertiary/aromatic N) is 3. The van der Waals surface area contributed by atoms with Crippen LogP contribution in [0, 0.1) is 0 Å². The van der Waals surface area contributed by atoms with Gasteiger partial charge in [0, 0.05) is 6.54 Å². The molecule has 0 radical (unpaired) electrons. The largest absolute Gasteiger partial charge is 0.318 e. The van der Waals surface area contributed by atoms with Gasteiger partial charge in [-0.15, -0.1) is 0 Å². The summed E-state index contributed by atoms with van der Waals surface area (Å²) in [6.45, 7) is 2.99. The van der Waals surface area contributed by atoms with Gasteiger partial charge in [-0.3, -0.25) is 9.98 Å². The van der Waals surface area contributed by atoms with Crippen molar-refractivity contribution in [2.45, 2.75) is 32.2 Å². The van der Waals surface area contributed by atoms with Crippen LogP contribution in [0.15, 0.2) is 15.0 Å². The van der Waals surface area contributed by atoms with Gasteiger partial charge in [-0.1, -0.05) is 32.0 Å². The van der Waals surface area contributed by atoms with Crippen LogP contribution in [0.1, 0.15) is 26.2 Å². The van der Waals surface area contributed by atoms with E-state index in [4.69, 9.17) is 12.2 Å². The van der Waals surface area contributed by atoms with E-state index in [1.807, 2.05) is 0 Å². The average Bonchev–Trinajstić information content (AvgIpc) is 2.73. The van der Waals surface area contributed by atoms with Crippen molar-refractivity contribution in [3.05, 3.63) is 0 Å². The Morgan fingerprint density at radius 2 is 2.31 bits per heavy atom. The summed E-state index contributed by atoms with van der Waals surface area (Å²) >= 11 is 5.20. The Balaban J connectivity index is 1.91. The zero-order chi connectivity index (χ0) is 11.4. The van der Waals surface area contributed by atoms with Crippen molar-refractivity contribution < 1.29 is 0 Å². The van der Waals surface area contributed by atoms with Crippen LogP contribution < -0.4 is 10.6 Å². The maximum Gasteiger partial charge on any atom is 0.201 e. The quantitative estimate of drug-likeness (QED) is 0.563. The lowest BCUT2D eigenvalue weighted by Crippen LogP contribution is -2.57. The fourth-order valence-electron chi connectivity index (χ4n) is 1.57. The zero-order valence-electron chi connectivity index (χ0n) is 9.23. The van der Waals surface area contributed by atoms with Crippen molar-refractivity contribution in [2.75, 3.05) is 6.54 Å². The minimum atomic E-state index is -0.135. The maximum atomic E-state index is 5.20. The molecule has 5 nitrogen and oxygen atoms in total. The molecule has 0 aliphatic carbocycles. The van der Waals surface area contributed by atoms with Crippen LogP contribution >= 0.6 is 12.2 Å². The van der Waals surface area contributed by atoms with Crippen molar-refractivity contribution in [2.24, 2.45) is 15.0 Å². The number of thiocarbonyl (C=S) groups is 1. The Kier molecular flexibility index (Phi) is 3.61. The number of amidine groups is 1.